The fourth-order valence-corrected chi connectivity index (χ4v) is 9.64. The van der Waals surface area contributed by atoms with Gasteiger partial charge in [-0.3, -0.25) is 23.7 Å². The van der Waals surface area contributed by atoms with Crippen molar-refractivity contribution in [2.45, 2.75) is 50.2 Å². The van der Waals surface area contributed by atoms with Crippen molar-refractivity contribution >= 4 is 55.6 Å². The van der Waals surface area contributed by atoms with Crippen LogP contribution in [0.5, 0.6) is 0 Å². The molecule has 0 radical (unpaired) electrons. The molecule has 19 nitrogen and oxygen atoms in total. The SMILES string of the molecule is Cn1cc2c(-c3cc(F)c(Cn4cc(C(=O)N[C@H]5CCOC[C@@H]5O)c5occc5c4=O)c(F)c3)cccc2n1.Cn1cc2c(-c3cc(F)c(Cn4cc(C(=O)O)c5occc5c4=O)c(F)c3)cccc2n1.N[C@H]1CCOC[C@@H]1O. The van der Waals surface area contributed by atoms with Gasteiger partial charge in [0.1, 0.15) is 28.8 Å². The summed E-state index contributed by atoms with van der Waals surface area (Å²) < 4.78 is 86.7. The Hall–Kier alpha value is -8.74. The fraction of sp³-hybridized carbons (Fsp3) is 0.250. The van der Waals surface area contributed by atoms with Crippen LogP contribution >= 0.6 is 0 Å². The van der Waals surface area contributed by atoms with E-state index >= 15 is 17.6 Å². The molecule has 0 aliphatic carbocycles. The zero-order chi connectivity index (χ0) is 55.8. The van der Waals surface area contributed by atoms with Crippen LogP contribution in [-0.4, -0.2) is 107 Å². The lowest BCUT2D eigenvalue weighted by Gasteiger charge is -2.28. The third kappa shape index (κ3) is 10.9. The number of nitrogens with zero attached hydrogens (tertiary/aromatic N) is 6. The molecule has 408 valence electrons. The molecule has 2 saturated heterocycles. The summed E-state index contributed by atoms with van der Waals surface area (Å²) in [7, 11) is 3.52. The molecule has 1 amide bonds. The van der Waals surface area contributed by atoms with Crippen molar-refractivity contribution in [3.63, 3.8) is 0 Å². The fourth-order valence-electron chi connectivity index (χ4n) is 9.64. The number of nitrogens with two attached hydrogens (primary N) is 1. The molecule has 4 aromatic carbocycles. The van der Waals surface area contributed by atoms with Crippen LogP contribution in [0.25, 0.3) is 66.0 Å². The van der Waals surface area contributed by atoms with Crippen molar-refractivity contribution in [2.24, 2.45) is 19.8 Å². The van der Waals surface area contributed by atoms with Gasteiger partial charge in [0.15, 0.2) is 11.2 Å². The average molecular weight is 1090 g/mol. The monoisotopic (exact) mass is 1090 g/mol. The molecule has 6 N–H and O–H groups in total. The number of carbonyl (C=O) groups is 2. The number of nitrogens with one attached hydrogen (secondary N) is 1. The number of carbonyl (C=O) groups excluding carboxylic acids is 1. The van der Waals surface area contributed by atoms with Gasteiger partial charge >= 0.3 is 5.97 Å². The molecule has 0 unspecified atom stereocenters. The number of carboxylic acid groups (broad SMARTS) is 1. The van der Waals surface area contributed by atoms with Gasteiger partial charge < -0.3 is 53.8 Å². The highest BCUT2D eigenvalue weighted by Crippen LogP contribution is 2.33. The first-order valence-corrected chi connectivity index (χ1v) is 24.8. The molecule has 79 heavy (non-hydrogen) atoms. The van der Waals surface area contributed by atoms with Crippen molar-refractivity contribution in [1.82, 2.24) is 34.0 Å². The molecule has 4 atom stereocenters. The summed E-state index contributed by atoms with van der Waals surface area (Å²) in [6.45, 7) is 0.635. The number of amides is 1. The Morgan fingerprint density at radius 3 is 1.54 bits per heavy atom. The number of furan rings is 2. The van der Waals surface area contributed by atoms with Crippen LogP contribution in [0.3, 0.4) is 0 Å². The van der Waals surface area contributed by atoms with Crippen LogP contribution in [0.1, 0.15) is 44.7 Å². The van der Waals surface area contributed by atoms with E-state index in [1.165, 1.54) is 55.1 Å². The predicted octanol–water partition coefficient (Wildman–Crippen LogP) is 6.62. The van der Waals surface area contributed by atoms with E-state index in [1.54, 1.807) is 66.2 Å². The molecular formula is C56H50F4N8O11. The number of aromatic carboxylic acids is 1. The summed E-state index contributed by atoms with van der Waals surface area (Å²) in [4.78, 5) is 50.5. The number of benzene rings is 4. The number of fused-ring (bicyclic) bond motifs is 4. The zero-order valence-electron chi connectivity index (χ0n) is 42.2. The number of aliphatic hydroxyl groups excluding tert-OH is 2. The molecule has 0 saturated carbocycles. The maximum atomic E-state index is 15.4. The Morgan fingerprint density at radius 1 is 0.646 bits per heavy atom. The molecular weight excluding hydrogens is 1040 g/mol. The summed E-state index contributed by atoms with van der Waals surface area (Å²) in [6.07, 6.45) is 8.11. The second kappa shape index (κ2) is 22.3. The molecule has 10 aromatic rings. The third-order valence-electron chi connectivity index (χ3n) is 13.8. The number of pyridine rings is 2. The van der Waals surface area contributed by atoms with Crippen LogP contribution in [0.2, 0.25) is 0 Å². The number of rotatable bonds is 9. The average Bonchev–Trinajstić information content (AvgIpc) is 4.42. The first kappa shape index (κ1) is 53.6. The Balaban J connectivity index is 0.000000158. The van der Waals surface area contributed by atoms with Gasteiger partial charge in [0.2, 0.25) is 0 Å². The summed E-state index contributed by atoms with van der Waals surface area (Å²) in [6, 6.07) is 17.6. The normalized spacial score (nSPS) is 17.4. The van der Waals surface area contributed by atoms with Crippen LogP contribution in [-0.2, 0) is 36.7 Å². The van der Waals surface area contributed by atoms with E-state index in [4.69, 9.17) is 29.1 Å². The molecule has 6 aromatic heterocycles. The lowest BCUT2D eigenvalue weighted by atomic mass is 9.99. The Labute approximate surface area is 444 Å². The van der Waals surface area contributed by atoms with Crippen LogP contribution < -0.4 is 22.2 Å². The van der Waals surface area contributed by atoms with Crippen molar-refractivity contribution in [1.29, 1.82) is 0 Å². The van der Waals surface area contributed by atoms with Crippen molar-refractivity contribution in [2.75, 3.05) is 26.4 Å². The highest BCUT2D eigenvalue weighted by molar-refractivity contribution is 6.04. The highest BCUT2D eigenvalue weighted by atomic mass is 19.1. The second-order valence-electron chi connectivity index (χ2n) is 19.1. The van der Waals surface area contributed by atoms with Gasteiger partial charge in [0.25, 0.3) is 17.0 Å². The van der Waals surface area contributed by atoms with Gasteiger partial charge in [-0.25, -0.2) is 22.4 Å². The van der Waals surface area contributed by atoms with Crippen molar-refractivity contribution in [3.8, 4) is 22.3 Å². The Kier molecular flexibility index (Phi) is 15.2. The van der Waals surface area contributed by atoms with Crippen molar-refractivity contribution < 1.29 is 60.8 Å². The third-order valence-corrected chi connectivity index (χ3v) is 13.8. The summed E-state index contributed by atoms with van der Waals surface area (Å²) in [5.41, 5.74) is 6.58. The summed E-state index contributed by atoms with van der Waals surface area (Å²) in [5, 5.41) is 41.5. The molecule has 0 bridgehead atoms. The molecule has 23 heteroatoms. The van der Waals surface area contributed by atoms with Gasteiger partial charge in [-0.2, -0.15) is 10.2 Å². The lowest BCUT2D eigenvalue weighted by Crippen LogP contribution is -2.48. The van der Waals surface area contributed by atoms with E-state index in [1.807, 2.05) is 6.07 Å². The summed E-state index contributed by atoms with van der Waals surface area (Å²) in [5.74, 6) is -5.27. The topological polar surface area (TPSA) is 257 Å². The van der Waals surface area contributed by atoms with Crippen LogP contribution in [0.15, 0.2) is 129 Å². The second-order valence-corrected chi connectivity index (χ2v) is 19.1. The number of aromatic nitrogens is 6. The van der Waals surface area contributed by atoms with E-state index in [2.05, 4.69) is 15.5 Å². The molecule has 2 fully saturated rings. The maximum Gasteiger partial charge on any atom is 0.341 e. The number of aliphatic hydroxyl groups is 2. The Morgan fingerprint density at radius 2 is 1.10 bits per heavy atom. The molecule has 12 rings (SSSR count). The Bertz CT molecular complexity index is 4030. The van der Waals surface area contributed by atoms with E-state index in [0.717, 1.165) is 32.5 Å². The number of ether oxygens (including phenoxy) is 2. The standard InChI is InChI=1S/C28H24F2N4O5.C23H15F2N3O4.C5H11NO2/c1-33-11-18-16(3-2-4-23(18)32-33)15-9-21(29)19(22(30)10-15)12-34-13-20(26-17(28(34)37)5-8-39-26)27(36)31-24-6-7-38-14-25(24)35;1-27-9-15-13(3-2-4-20(15)26-27)12-7-18(24)16(19(25)8-12)10-28-11-17(23(30)31)21-14(22(28)29)5-6-32-21;6-4-1-2-8-3-5(4)7/h2-5,8-11,13,24-25,35H,6-7,12,14H2,1H3,(H,31,36);2-9,11H,10H2,1H3,(H,30,31);4-5,7H,1-3,6H2/t24-,25-;;4-,5-/m0.0/s1. The lowest BCUT2D eigenvalue weighted by molar-refractivity contribution is -0.0260. The predicted molar refractivity (Wildman–Crippen MR) is 280 cm³/mol. The smallest absolute Gasteiger partial charge is 0.341 e. The minimum absolute atomic E-state index is 0.00832. The quantitative estimate of drug-likeness (QED) is 0.0953. The summed E-state index contributed by atoms with van der Waals surface area (Å²) >= 11 is 0. The van der Waals surface area contributed by atoms with Gasteiger partial charge in [-0.1, -0.05) is 24.3 Å². The number of aryl methyl sites for hydroxylation is 2. The number of carboxylic acids is 1. The van der Waals surface area contributed by atoms with Gasteiger partial charge in [0, 0.05) is 80.0 Å². The highest BCUT2D eigenvalue weighted by Gasteiger charge is 2.28. The molecule has 0 spiro atoms. The van der Waals surface area contributed by atoms with Gasteiger partial charge in [-0.15, -0.1) is 0 Å². The van der Waals surface area contributed by atoms with E-state index in [-0.39, 0.29) is 56.8 Å². The molecule has 2 aliphatic rings. The molecule has 8 heterocycles. The van der Waals surface area contributed by atoms with Gasteiger partial charge in [-0.05, 0) is 83.6 Å². The van der Waals surface area contributed by atoms with Crippen LogP contribution in [0.4, 0.5) is 17.6 Å². The van der Waals surface area contributed by atoms with Gasteiger partial charge in [0.05, 0.1) is 84.4 Å². The number of hydrogen-bond donors (Lipinski definition) is 5. The van der Waals surface area contributed by atoms with E-state index in [9.17, 15) is 29.4 Å². The number of halogens is 4. The number of hydrogen-bond acceptors (Lipinski definition) is 13. The minimum atomic E-state index is -1.32. The minimum Gasteiger partial charge on any atom is -0.477 e. The van der Waals surface area contributed by atoms with E-state index < -0.39 is 77.6 Å². The van der Waals surface area contributed by atoms with Crippen LogP contribution in [0, 0.1) is 23.3 Å². The first-order chi connectivity index (χ1) is 37.9. The zero-order valence-corrected chi connectivity index (χ0v) is 42.2. The van der Waals surface area contributed by atoms with E-state index in [0.29, 0.717) is 59.5 Å². The largest absolute Gasteiger partial charge is 0.477 e. The maximum absolute atomic E-state index is 15.4. The van der Waals surface area contributed by atoms with Crippen molar-refractivity contribution in [3.05, 3.63) is 176 Å². The molecule has 2 aliphatic heterocycles. The first-order valence-electron chi connectivity index (χ1n) is 24.8.